The van der Waals surface area contributed by atoms with Crippen LogP contribution in [0.15, 0.2) is 24.3 Å². The fourth-order valence-electron chi connectivity index (χ4n) is 3.00. The molecule has 1 aliphatic heterocycles. The molecule has 1 fully saturated rings. The molecule has 1 unspecified atom stereocenters. The molecular weight excluding hydrogens is 220 g/mol. The minimum Gasteiger partial charge on any atom is -0.372 e. The molecule has 2 heteroatoms. The number of benzene rings is 1. The number of rotatable bonds is 4. The molecule has 0 aromatic heterocycles. The van der Waals surface area contributed by atoms with Gasteiger partial charge in [-0.15, -0.1) is 0 Å². The molecule has 0 amide bonds. The lowest BCUT2D eigenvalue weighted by atomic mass is 9.96. The van der Waals surface area contributed by atoms with Gasteiger partial charge in [0.15, 0.2) is 0 Å². The molecule has 0 spiro atoms. The van der Waals surface area contributed by atoms with Crippen LogP contribution in [-0.4, -0.2) is 13.1 Å². The summed E-state index contributed by atoms with van der Waals surface area (Å²) in [6.07, 6.45) is 6.81. The number of nitrogens with two attached hydrogens (primary N) is 1. The summed E-state index contributed by atoms with van der Waals surface area (Å²) in [6, 6.07) is 8.71. The van der Waals surface area contributed by atoms with Crippen molar-refractivity contribution in [3.05, 3.63) is 29.8 Å². The van der Waals surface area contributed by atoms with Gasteiger partial charge in [0.2, 0.25) is 0 Å². The van der Waals surface area contributed by atoms with E-state index in [2.05, 4.69) is 36.1 Å². The monoisotopic (exact) mass is 246 g/mol. The molecule has 2 nitrogen and oxygen atoms in total. The Morgan fingerprint density at radius 3 is 2.94 bits per heavy atom. The quantitative estimate of drug-likeness (QED) is 0.880. The SMILES string of the molecule is CCCC1CCCN(c2cccc(CN)c2)CC1. The van der Waals surface area contributed by atoms with E-state index in [1.807, 2.05) is 0 Å². The highest BCUT2D eigenvalue weighted by molar-refractivity contribution is 5.48. The third-order valence-electron chi connectivity index (χ3n) is 4.06. The Hall–Kier alpha value is -1.02. The van der Waals surface area contributed by atoms with Crippen molar-refractivity contribution in [2.24, 2.45) is 11.7 Å². The molecular formula is C16H26N2. The maximum Gasteiger partial charge on any atom is 0.0369 e. The molecule has 0 radical (unpaired) electrons. The highest BCUT2D eigenvalue weighted by atomic mass is 15.1. The predicted octanol–water partition coefficient (Wildman–Crippen LogP) is 3.55. The highest BCUT2D eigenvalue weighted by Crippen LogP contribution is 2.25. The van der Waals surface area contributed by atoms with E-state index in [9.17, 15) is 0 Å². The molecule has 0 bridgehead atoms. The van der Waals surface area contributed by atoms with E-state index in [1.165, 1.54) is 56.4 Å². The minimum atomic E-state index is 0.639. The van der Waals surface area contributed by atoms with Crippen LogP contribution in [0.5, 0.6) is 0 Å². The van der Waals surface area contributed by atoms with E-state index in [-0.39, 0.29) is 0 Å². The zero-order valence-corrected chi connectivity index (χ0v) is 11.6. The van der Waals surface area contributed by atoms with Gasteiger partial charge >= 0.3 is 0 Å². The average molecular weight is 246 g/mol. The van der Waals surface area contributed by atoms with Crippen LogP contribution in [0.3, 0.4) is 0 Å². The first kappa shape index (κ1) is 13.4. The Balaban J connectivity index is 2.00. The second-order valence-electron chi connectivity index (χ2n) is 5.45. The third kappa shape index (κ3) is 3.49. The first-order valence-electron chi connectivity index (χ1n) is 7.37. The van der Waals surface area contributed by atoms with Crippen molar-refractivity contribution in [2.45, 2.75) is 45.6 Å². The molecule has 1 aromatic carbocycles. The first-order chi connectivity index (χ1) is 8.83. The van der Waals surface area contributed by atoms with Crippen molar-refractivity contribution in [1.29, 1.82) is 0 Å². The molecule has 2 rings (SSSR count). The van der Waals surface area contributed by atoms with Gasteiger partial charge in [0, 0.05) is 25.3 Å². The van der Waals surface area contributed by atoms with Crippen LogP contribution in [0.1, 0.15) is 44.6 Å². The van der Waals surface area contributed by atoms with Crippen molar-refractivity contribution in [1.82, 2.24) is 0 Å². The largest absolute Gasteiger partial charge is 0.372 e. The molecule has 1 saturated heterocycles. The summed E-state index contributed by atoms with van der Waals surface area (Å²) in [7, 11) is 0. The fraction of sp³-hybridized carbons (Fsp3) is 0.625. The summed E-state index contributed by atoms with van der Waals surface area (Å²) in [4.78, 5) is 2.54. The maximum absolute atomic E-state index is 5.72. The number of hydrogen-bond donors (Lipinski definition) is 1. The Morgan fingerprint density at radius 2 is 2.17 bits per heavy atom. The van der Waals surface area contributed by atoms with Crippen LogP contribution in [0.25, 0.3) is 0 Å². The Morgan fingerprint density at radius 1 is 1.28 bits per heavy atom. The van der Waals surface area contributed by atoms with E-state index >= 15 is 0 Å². The van der Waals surface area contributed by atoms with Crippen molar-refractivity contribution >= 4 is 5.69 Å². The maximum atomic E-state index is 5.72. The van der Waals surface area contributed by atoms with Gasteiger partial charge in [-0.2, -0.15) is 0 Å². The summed E-state index contributed by atoms with van der Waals surface area (Å²) < 4.78 is 0. The van der Waals surface area contributed by atoms with Crippen LogP contribution in [0, 0.1) is 5.92 Å². The second-order valence-corrected chi connectivity index (χ2v) is 5.45. The zero-order valence-electron chi connectivity index (χ0n) is 11.6. The highest BCUT2D eigenvalue weighted by Gasteiger charge is 2.16. The Labute approximate surface area is 111 Å². The predicted molar refractivity (Wildman–Crippen MR) is 78.8 cm³/mol. The molecule has 18 heavy (non-hydrogen) atoms. The summed E-state index contributed by atoms with van der Waals surface area (Å²) in [5.41, 5.74) is 8.32. The number of nitrogens with zero attached hydrogens (tertiary/aromatic N) is 1. The van der Waals surface area contributed by atoms with Gasteiger partial charge < -0.3 is 10.6 Å². The smallest absolute Gasteiger partial charge is 0.0369 e. The van der Waals surface area contributed by atoms with Crippen LogP contribution in [0.2, 0.25) is 0 Å². The number of anilines is 1. The van der Waals surface area contributed by atoms with Crippen molar-refractivity contribution in [3.63, 3.8) is 0 Å². The molecule has 1 atom stereocenters. The van der Waals surface area contributed by atoms with Gasteiger partial charge in [0.05, 0.1) is 0 Å². The topological polar surface area (TPSA) is 29.3 Å². The molecule has 1 aromatic rings. The van der Waals surface area contributed by atoms with Crippen molar-refractivity contribution in [2.75, 3.05) is 18.0 Å². The van der Waals surface area contributed by atoms with E-state index in [0.717, 1.165) is 5.92 Å². The van der Waals surface area contributed by atoms with E-state index in [1.54, 1.807) is 0 Å². The third-order valence-corrected chi connectivity index (χ3v) is 4.06. The Bertz CT molecular complexity index is 362. The summed E-state index contributed by atoms with van der Waals surface area (Å²) in [5, 5.41) is 0. The van der Waals surface area contributed by atoms with Gasteiger partial charge in [0.1, 0.15) is 0 Å². The second kappa shape index (κ2) is 6.79. The van der Waals surface area contributed by atoms with Gasteiger partial charge in [0.25, 0.3) is 0 Å². The normalized spacial score (nSPS) is 20.8. The van der Waals surface area contributed by atoms with Crippen molar-refractivity contribution < 1.29 is 0 Å². The molecule has 100 valence electrons. The lowest BCUT2D eigenvalue weighted by Crippen LogP contribution is -2.24. The van der Waals surface area contributed by atoms with E-state index in [4.69, 9.17) is 5.73 Å². The summed E-state index contributed by atoms with van der Waals surface area (Å²) in [5.74, 6) is 0.942. The van der Waals surface area contributed by atoms with E-state index in [0.29, 0.717) is 6.54 Å². The van der Waals surface area contributed by atoms with Crippen LogP contribution in [0.4, 0.5) is 5.69 Å². The Kier molecular flexibility index (Phi) is 5.06. The lowest BCUT2D eigenvalue weighted by Gasteiger charge is -2.23. The van der Waals surface area contributed by atoms with Gasteiger partial charge in [-0.25, -0.2) is 0 Å². The fourth-order valence-corrected chi connectivity index (χ4v) is 3.00. The van der Waals surface area contributed by atoms with Crippen LogP contribution < -0.4 is 10.6 Å². The van der Waals surface area contributed by atoms with Crippen LogP contribution in [-0.2, 0) is 6.54 Å². The lowest BCUT2D eigenvalue weighted by molar-refractivity contribution is 0.435. The molecule has 2 N–H and O–H groups in total. The van der Waals surface area contributed by atoms with E-state index < -0.39 is 0 Å². The standard InChI is InChI=1S/C16H26N2/c1-2-5-14-7-4-10-18(11-9-14)16-8-3-6-15(12-16)13-17/h3,6,8,12,14H,2,4-5,7,9-11,13,17H2,1H3. The number of hydrogen-bond acceptors (Lipinski definition) is 2. The van der Waals surface area contributed by atoms with Crippen LogP contribution >= 0.6 is 0 Å². The van der Waals surface area contributed by atoms with Crippen molar-refractivity contribution in [3.8, 4) is 0 Å². The average Bonchev–Trinajstić information content (AvgIpc) is 2.65. The molecule has 1 aliphatic rings. The molecule has 1 heterocycles. The molecule has 0 saturated carbocycles. The van der Waals surface area contributed by atoms with Gasteiger partial charge in [-0.1, -0.05) is 31.9 Å². The van der Waals surface area contributed by atoms with Gasteiger partial charge in [-0.3, -0.25) is 0 Å². The summed E-state index contributed by atoms with van der Waals surface area (Å²) in [6.45, 7) is 5.35. The minimum absolute atomic E-state index is 0.639. The summed E-state index contributed by atoms with van der Waals surface area (Å²) >= 11 is 0. The molecule has 0 aliphatic carbocycles. The first-order valence-corrected chi connectivity index (χ1v) is 7.37. The van der Waals surface area contributed by atoms with Gasteiger partial charge in [-0.05, 0) is 42.9 Å². The zero-order chi connectivity index (χ0) is 12.8.